The van der Waals surface area contributed by atoms with E-state index in [1.54, 1.807) is 12.1 Å². The minimum atomic E-state index is -0.404. The van der Waals surface area contributed by atoms with Crippen LogP contribution in [-0.4, -0.2) is 31.4 Å². The zero-order valence-corrected chi connectivity index (χ0v) is 19.3. The quantitative estimate of drug-likeness (QED) is 0.316. The van der Waals surface area contributed by atoms with Gasteiger partial charge in [0.25, 0.3) is 0 Å². The Morgan fingerprint density at radius 2 is 1.62 bits per heavy atom. The third-order valence-electron chi connectivity index (χ3n) is 7.47. The van der Waals surface area contributed by atoms with Crippen molar-refractivity contribution in [2.75, 3.05) is 24.6 Å². The van der Waals surface area contributed by atoms with Crippen LogP contribution in [0.2, 0.25) is 0 Å². The zero-order chi connectivity index (χ0) is 21.8. The predicted molar refractivity (Wildman–Crippen MR) is 127 cm³/mol. The third kappa shape index (κ3) is 3.17. The van der Waals surface area contributed by atoms with Crippen LogP contribution in [-0.2, 0) is 4.74 Å². The second kappa shape index (κ2) is 7.73. The molecule has 0 amide bonds. The molecule has 0 aromatic heterocycles. The maximum absolute atomic E-state index is 13.2. The zero-order valence-electron chi connectivity index (χ0n) is 17.7. The molecule has 0 saturated heterocycles. The molecule has 2 aromatic rings. The van der Waals surface area contributed by atoms with Crippen molar-refractivity contribution in [3.05, 3.63) is 87.4 Å². The Balaban J connectivity index is 1.33. The fraction of sp³-hybridized carbons (Fsp3) is 0.333. The van der Waals surface area contributed by atoms with Gasteiger partial charge < -0.3 is 9.64 Å². The average molecular weight is 490 g/mol. The summed E-state index contributed by atoms with van der Waals surface area (Å²) in [6.45, 7) is 1.83. The van der Waals surface area contributed by atoms with Crippen LogP contribution in [0, 0.1) is 11.8 Å². The van der Waals surface area contributed by atoms with E-state index in [9.17, 15) is 9.59 Å². The van der Waals surface area contributed by atoms with Crippen molar-refractivity contribution in [1.82, 2.24) is 0 Å². The molecule has 0 saturated carbocycles. The molecule has 0 spiro atoms. The van der Waals surface area contributed by atoms with Gasteiger partial charge in [0.15, 0.2) is 12.4 Å². The number of Topliss-reactive ketones (excluding diaryl/α,β-unsaturated/α-hetero) is 1. The van der Waals surface area contributed by atoms with E-state index in [-0.39, 0.29) is 18.3 Å². The van der Waals surface area contributed by atoms with Crippen LogP contribution in [0.15, 0.2) is 65.2 Å². The van der Waals surface area contributed by atoms with E-state index in [0.717, 1.165) is 36.0 Å². The van der Waals surface area contributed by atoms with Gasteiger partial charge in [-0.25, -0.2) is 4.79 Å². The Morgan fingerprint density at radius 1 is 0.938 bits per heavy atom. The van der Waals surface area contributed by atoms with E-state index >= 15 is 0 Å². The van der Waals surface area contributed by atoms with Gasteiger partial charge in [-0.05, 0) is 54.0 Å². The largest absolute Gasteiger partial charge is 0.454 e. The first-order chi connectivity index (χ1) is 15.6. The topological polar surface area (TPSA) is 46.6 Å². The Labute approximate surface area is 196 Å². The minimum Gasteiger partial charge on any atom is -0.454 e. The SMILES string of the molecule is O=C(COC(=O)c1ccc2c3c1[C@@H]1C=CC[C@H]1CN3C[C@@H]1CC=C[C@@H]21)c1ccc(Br)cc1. The summed E-state index contributed by atoms with van der Waals surface area (Å²) < 4.78 is 6.45. The molecule has 2 aliphatic carbocycles. The van der Waals surface area contributed by atoms with Crippen molar-refractivity contribution >= 4 is 33.4 Å². The van der Waals surface area contributed by atoms with Crippen LogP contribution >= 0.6 is 15.9 Å². The number of esters is 1. The number of carbonyl (C=O) groups is 2. The van der Waals surface area contributed by atoms with E-state index in [1.807, 2.05) is 18.2 Å². The van der Waals surface area contributed by atoms with Gasteiger partial charge in [0.2, 0.25) is 0 Å². The summed E-state index contributed by atoms with van der Waals surface area (Å²) in [5.41, 5.74) is 4.83. The first-order valence-electron chi connectivity index (χ1n) is 11.3. The van der Waals surface area contributed by atoms with Crippen molar-refractivity contribution in [2.24, 2.45) is 11.8 Å². The van der Waals surface area contributed by atoms with Crippen LogP contribution in [0.4, 0.5) is 5.69 Å². The van der Waals surface area contributed by atoms with E-state index in [2.05, 4.69) is 51.2 Å². The molecule has 0 bridgehead atoms. The summed E-state index contributed by atoms with van der Waals surface area (Å²) in [4.78, 5) is 28.2. The number of halogens is 1. The number of hydrogen-bond acceptors (Lipinski definition) is 4. The van der Waals surface area contributed by atoms with E-state index in [1.165, 1.54) is 11.3 Å². The summed E-state index contributed by atoms with van der Waals surface area (Å²) in [7, 11) is 0. The second-order valence-corrected chi connectivity index (χ2v) is 10.2. The number of ketones is 1. The number of carbonyl (C=O) groups excluding carboxylic acids is 2. The minimum absolute atomic E-state index is 0.198. The molecule has 162 valence electrons. The molecule has 2 aliphatic heterocycles. The van der Waals surface area contributed by atoms with Crippen molar-refractivity contribution in [1.29, 1.82) is 0 Å². The van der Waals surface area contributed by atoms with Gasteiger partial charge in [0.05, 0.1) is 5.56 Å². The summed E-state index contributed by atoms with van der Waals surface area (Å²) in [5, 5.41) is 0. The first kappa shape index (κ1) is 20.0. The molecule has 2 heterocycles. The average Bonchev–Trinajstić information content (AvgIpc) is 3.47. The monoisotopic (exact) mass is 489 g/mol. The third-order valence-corrected chi connectivity index (χ3v) is 8.00. The molecular formula is C27H24BrNO3. The lowest BCUT2D eigenvalue weighted by atomic mass is 9.73. The Morgan fingerprint density at radius 3 is 2.38 bits per heavy atom. The van der Waals surface area contributed by atoms with Crippen molar-refractivity contribution < 1.29 is 14.3 Å². The molecule has 4 aliphatic rings. The molecule has 4 nitrogen and oxygen atoms in total. The Kier molecular flexibility index (Phi) is 4.83. The van der Waals surface area contributed by atoms with Crippen molar-refractivity contribution in [2.45, 2.75) is 24.7 Å². The normalized spacial score (nSPS) is 26.5. The molecule has 32 heavy (non-hydrogen) atoms. The second-order valence-electron chi connectivity index (χ2n) is 9.28. The van der Waals surface area contributed by atoms with Gasteiger partial charge in [-0.3, -0.25) is 4.79 Å². The van der Waals surface area contributed by atoms with Crippen LogP contribution in [0.25, 0.3) is 0 Å². The van der Waals surface area contributed by atoms with E-state index in [4.69, 9.17) is 4.74 Å². The molecule has 6 rings (SSSR count). The number of hydrogen-bond donors (Lipinski definition) is 0. The van der Waals surface area contributed by atoms with Gasteiger partial charge in [-0.2, -0.15) is 0 Å². The van der Waals surface area contributed by atoms with E-state index in [0.29, 0.717) is 28.9 Å². The fourth-order valence-corrected chi connectivity index (χ4v) is 6.25. The van der Waals surface area contributed by atoms with E-state index < -0.39 is 5.97 Å². The highest BCUT2D eigenvalue weighted by atomic mass is 79.9. The Hall–Kier alpha value is -2.66. The highest BCUT2D eigenvalue weighted by Gasteiger charge is 2.44. The summed E-state index contributed by atoms with van der Waals surface area (Å²) >= 11 is 3.37. The highest BCUT2D eigenvalue weighted by Crippen LogP contribution is 2.53. The maximum Gasteiger partial charge on any atom is 0.338 e. The smallest absolute Gasteiger partial charge is 0.338 e. The van der Waals surface area contributed by atoms with Crippen LogP contribution in [0.3, 0.4) is 0 Å². The highest BCUT2D eigenvalue weighted by molar-refractivity contribution is 9.10. The van der Waals surface area contributed by atoms with Gasteiger partial charge in [0.1, 0.15) is 0 Å². The van der Waals surface area contributed by atoms with Crippen molar-refractivity contribution in [3.8, 4) is 0 Å². The summed E-state index contributed by atoms with van der Waals surface area (Å²) in [5.74, 6) is 1.20. The first-order valence-corrected chi connectivity index (χ1v) is 12.1. The van der Waals surface area contributed by atoms with Crippen molar-refractivity contribution in [3.63, 3.8) is 0 Å². The molecule has 0 unspecified atom stereocenters. The number of rotatable bonds is 4. The number of benzene rings is 2. The molecule has 0 N–H and O–H groups in total. The van der Waals surface area contributed by atoms with Gasteiger partial charge in [0, 0.05) is 40.6 Å². The molecule has 0 fully saturated rings. The molecule has 0 radical (unpaired) electrons. The number of allylic oxidation sites excluding steroid dienone is 4. The van der Waals surface area contributed by atoms with Crippen LogP contribution in [0.5, 0.6) is 0 Å². The van der Waals surface area contributed by atoms with Crippen LogP contribution in [0.1, 0.15) is 56.5 Å². The summed E-state index contributed by atoms with van der Waals surface area (Å²) in [6, 6.07) is 11.1. The number of fused-ring (bicyclic) bond motifs is 4. The lowest BCUT2D eigenvalue weighted by Gasteiger charge is -2.46. The molecular weight excluding hydrogens is 466 g/mol. The predicted octanol–water partition coefficient (Wildman–Crippen LogP) is 5.64. The lowest BCUT2D eigenvalue weighted by Crippen LogP contribution is -2.44. The molecule has 2 aromatic carbocycles. The molecule has 4 atom stereocenters. The number of anilines is 1. The van der Waals surface area contributed by atoms with Gasteiger partial charge in [-0.15, -0.1) is 0 Å². The summed E-state index contributed by atoms with van der Waals surface area (Å²) in [6.07, 6.45) is 11.3. The van der Waals surface area contributed by atoms with Gasteiger partial charge in [-0.1, -0.05) is 58.4 Å². The van der Waals surface area contributed by atoms with Gasteiger partial charge >= 0.3 is 5.97 Å². The fourth-order valence-electron chi connectivity index (χ4n) is 5.99. The van der Waals surface area contributed by atoms with Crippen LogP contribution < -0.4 is 4.90 Å². The lowest BCUT2D eigenvalue weighted by molar-refractivity contribution is 0.0473. The molecule has 5 heteroatoms. The number of ether oxygens (including phenoxy) is 1. The number of nitrogens with zero attached hydrogens (tertiary/aromatic N) is 1. The standard InChI is InChI=1S/C27H24BrNO3/c28-19-9-7-16(8-10-19)24(30)15-32-27(31)23-12-11-22-20-5-1-3-17(20)13-29-14-18-4-2-6-21(18)25(23)26(22)29/h1-2,5-12,17-18,20-21H,3-4,13-15H2/t17-,18-,20+,21+/m0/s1. The maximum atomic E-state index is 13.2. The Bertz CT molecular complexity index is 1160.